The Balaban J connectivity index is 2.28. The number of nitrogens with zero attached hydrogens (tertiary/aromatic N) is 4. The number of rotatable bonds is 5. The van der Waals surface area contributed by atoms with Crippen molar-refractivity contribution in [2.24, 2.45) is 5.10 Å². The van der Waals surface area contributed by atoms with E-state index in [1.165, 1.54) is 16.4 Å². The zero-order valence-corrected chi connectivity index (χ0v) is 13.6. The Morgan fingerprint density at radius 1 is 1.23 bits per heavy atom. The van der Waals surface area contributed by atoms with Gasteiger partial charge in [0.1, 0.15) is 5.69 Å². The van der Waals surface area contributed by atoms with Gasteiger partial charge in [0.25, 0.3) is 5.56 Å². The molecule has 22 heavy (non-hydrogen) atoms. The van der Waals surface area contributed by atoms with E-state index in [0.29, 0.717) is 10.9 Å². The van der Waals surface area contributed by atoms with E-state index in [4.69, 9.17) is 0 Å². The Bertz CT molecular complexity index is 736. The smallest absolute Gasteiger partial charge is 0.265 e. The number of allylic oxidation sites excluding steroid dienone is 1. The first-order valence-corrected chi connectivity index (χ1v) is 8.15. The normalized spacial score (nSPS) is 11.8. The SMILES string of the molecule is CSc1nnc(C(C)C)c(=O)n1N=C/C=C/c1ccccc1. The lowest BCUT2D eigenvalue weighted by molar-refractivity contribution is 0.605. The van der Waals surface area contributed by atoms with Gasteiger partial charge in [-0.25, -0.2) is 0 Å². The molecule has 0 aliphatic rings. The highest BCUT2D eigenvalue weighted by atomic mass is 32.2. The minimum Gasteiger partial charge on any atom is -0.265 e. The molecule has 5 nitrogen and oxygen atoms in total. The molecule has 1 heterocycles. The molecule has 0 saturated heterocycles. The first kappa shape index (κ1) is 16.2. The molecule has 0 atom stereocenters. The predicted molar refractivity (Wildman–Crippen MR) is 91.5 cm³/mol. The topological polar surface area (TPSA) is 60.1 Å². The van der Waals surface area contributed by atoms with Crippen LogP contribution in [0, 0.1) is 0 Å². The molecule has 0 N–H and O–H groups in total. The van der Waals surface area contributed by atoms with Gasteiger partial charge in [0.2, 0.25) is 5.16 Å². The molecule has 1 aromatic heterocycles. The standard InChI is InChI=1S/C16H18N4OS/c1-12(2)14-15(21)20(16(22-3)19-18-14)17-11-7-10-13-8-5-4-6-9-13/h4-12H,1-3H3/b10-7+,17-11?. The van der Waals surface area contributed by atoms with Crippen LogP contribution in [-0.2, 0) is 0 Å². The van der Waals surface area contributed by atoms with Crippen molar-refractivity contribution in [3.8, 4) is 0 Å². The number of hydrogen-bond acceptors (Lipinski definition) is 5. The molecule has 0 saturated carbocycles. The second-order valence-electron chi connectivity index (χ2n) is 4.88. The third-order valence-corrected chi connectivity index (χ3v) is 3.54. The minimum atomic E-state index is -0.223. The Morgan fingerprint density at radius 2 is 1.95 bits per heavy atom. The van der Waals surface area contributed by atoms with Crippen molar-refractivity contribution in [1.82, 2.24) is 14.9 Å². The van der Waals surface area contributed by atoms with Gasteiger partial charge in [-0.1, -0.05) is 62.0 Å². The highest BCUT2D eigenvalue weighted by molar-refractivity contribution is 7.98. The quantitative estimate of drug-likeness (QED) is 0.629. The molecule has 2 rings (SSSR count). The summed E-state index contributed by atoms with van der Waals surface area (Å²) in [6.45, 7) is 3.82. The Morgan fingerprint density at radius 3 is 2.59 bits per heavy atom. The molecule has 2 aromatic rings. The molecule has 0 aliphatic heterocycles. The van der Waals surface area contributed by atoms with Crippen LogP contribution in [0.1, 0.15) is 31.0 Å². The fourth-order valence-corrected chi connectivity index (χ4v) is 2.22. The predicted octanol–water partition coefficient (Wildman–Crippen LogP) is 3.03. The summed E-state index contributed by atoms with van der Waals surface area (Å²) < 4.78 is 1.29. The van der Waals surface area contributed by atoms with Crippen molar-refractivity contribution in [3.63, 3.8) is 0 Å². The molecule has 1 aromatic carbocycles. The fourth-order valence-electron chi connectivity index (χ4n) is 1.79. The second kappa shape index (κ2) is 7.70. The maximum Gasteiger partial charge on any atom is 0.297 e. The van der Waals surface area contributed by atoms with Gasteiger partial charge in [-0.15, -0.1) is 10.2 Å². The van der Waals surface area contributed by atoms with E-state index < -0.39 is 0 Å². The van der Waals surface area contributed by atoms with Gasteiger partial charge in [0.15, 0.2) is 0 Å². The average Bonchev–Trinajstić information content (AvgIpc) is 2.53. The first-order valence-electron chi connectivity index (χ1n) is 6.93. The van der Waals surface area contributed by atoms with Gasteiger partial charge in [0.05, 0.1) is 0 Å². The number of benzene rings is 1. The van der Waals surface area contributed by atoms with E-state index in [9.17, 15) is 4.79 Å². The molecule has 0 aliphatic carbocycles. The molecule has 0 amide bonds. The summed E-state index contributed by atoms with van der Waals surface area (Å²) in [4.78, 5) is 12.4. The van der Waals surface area contributed by atoms with Gasteiger partial charge in [-0.3, -0.25) is 4.79 Å². The second-order valence-corrected chi connectivity index (χ2v) is 5.65. The summed E-state index contributed by atoms with van der Waals surface area (Å²) in [5.41, 5.74) is 1.27. The molecule has 0 unspecified atom stereocenters. The van der Waals surface area contributed by atoms with Crippen LogP contribution >= 0.6 is 11.8 Å². The van der Waals surface area contributed by atoms with Crippen LogP contribution in [0.25, 0.3) is 6.08 Å². The maximum absolute atomic E-state index is 12.4. The van der Waals surface area contributed by atoms with E-state index in [-0.39, 0.29) is 11.5 Å². The summed E-state index contributed by atoms with van der Waals surface area (Å²) >= 11 is 1.34. The van der Waals surface area contributed by atoms with Crippen LogP contribution in [0.4, 0.5) is 0 Å². The van der Waals surface area contributed by atoms with Gasteiger partial charge in [-0.05, 0) is 17.9 Å². The summed E-state index contributed by atoms with van der Waals surface area (Å²) in [7, 11) is 0. The molecular weight excluding hydrogens is 296 g/mol. The van der Waals surface area contributed by atoms with Gasteiger partial charge < -0.3 is 0 Å². The van der Waals surface area contributed by atoms with Crippen molar-refractivity contribution in [2.75, 3.05) is 6.26 Å². The Labute approximate surface area is 133 Å². The van der Waals surface area contributed by atoms with Gasteiger partial charge in [-0.2, -0.15) is 9.78 Å². The van der Waals surface area contributed by atoms with Crippen molar-refractivity contribution in [2.45, 2.75) is 24.9 Å². The zero-order valence-electron chi connectivity index (χ0n) is 12.8. The van der Waals surface area contributed by atoms with E-state index in [1.807, 2.05) is 56.5 Å². The average molecular weight is 314 g/mol. The molecule has 0 fully saturated rings. The summed E-state index contributed by atoms with van der Waals surface area (Å²) in [6, 6.07) is 9.89. The van der Waals surface area contributed by atoms with Crippen LogP contribution in [0.2, 0.25) is 0 Å². The van der Waals surface area contributed by atoms with Crippen LogP contribution in [0.15, 0.2) is 51.5 Å². The minimum absolute atomic E-state index is 0.0113. The molecule has 0 spiro atoms. The lowest BCUT2D eigenvalue weighted by Crippen LogP contribution is -2.26. The van der Waals surface area contributed by atoms with Crippen LogP contribution in [0.3, 0.4) is 0 Å². The first-order chi connectivity index (χ1) is 10.6. The highest BCUT2D eigenvalue weighted by Gasteiger charge is 2.13. The van der Waals surface area contributed by atoms with Gasteiger partial charge in [0, 0.05) is 12.1 Å². The fraction of sp³-hybridized carbons (Fsp3) is 0.250. The molecule has 0 radical (unpaired) electrons. The molecule has 114 valence electrons. The van der Waals surface area contributed by atoms with Crippen LogP contribution in [0.5, 0.6) is 0 Å². The third-order valence-electron chi connectivity index (χ3n) is 2.92. The van der Waals surface area contributed by atoms with Crippen LogP contribution in [-0.4, -0.2) is 27.3 Å². The third kappa shape index (κ3) is 3.92. The summed E-state index contributed by atoms with van der Waals surface area (Å²) in [6.07, 6.45) is 7.14. The van der Waals surface area contributed by atoms with E-state index in [2.05, 4.69) is 15.3 Å². The molecule has 0 bridgehead atoms. The van der Waals surface area contributed by atoms with Gasteiger partial charge >= 0.3 is 0 Å². The number of aromatic nitrogens is 3. The van der Waals surface area contributed by atoms with Crippen molar-refractivity contribution in [1.29, 1.82) is 0 Å². The Hall–Kier alpha value is -2.21. The molecule has 6 heteroatoms. The highest BCUT2D eigenvalue weighted by Crippen LogP contribution is 2.11. The molecular formula is C16H18N4OS. The lowest BCUT2D eigenvalue weighted by atomic mass is 10.1. The van der Waals surface area contributed by atoms with Crippen molar-refractivity contribution in [3.05, 3.63) is 58.0 Å². The summed E-state index contributed by atoms with van der Waals surface area (Å²) in [5.74, 6) is 0.0113. The number of thioether (sulfide) groups is 1. The Kier molecular flexibility index (Phi) is 5.66. The van der Waals surface area contributed by atoms with Crippen molar-refractivity contribution >= 4 is 24.1 Å². The monoisotopic (exact) mass is 314 g/mol. The maximum atomic E-state index is 12.4. The van der Waals surface area contributed by atoms with E-state index in [0.717, 1.165) is 5.56 Å². The van der Waals surface area contributed by atoms with E-state index >= 15 is 0 Å². The van der Waals surface area contributed by atoms with Crippen molar-refractivity contribution < 1.29 is 0 Å². The van der Waals surface area contributed by atoms with Crippen LogP contribution < -0.4 is 5.56 Å². The summed E-state index contributed by atoms with van der Waals surface area (Å²) in [5, 5.41) is 12.7. The largest absolute Gasteiger partial charge is 0.297 e. The number of hydrogen-bond donors (Lipinski definition) is 0. The lowest BCUT2D eigenvalue weighted by Gasteiger charge is -2.07. The zero-order chi connectivity index (χ0) is 15.9. The van der Waals surface area contributed by atoms with E-state index in [1.54, 1.807) is 12.3 Å².